The molecule has 1 amide bonds. The maximum atomic E-state index is 12.9. The first-order chi connectivity index (χ1) is 13.4. The fourth-order valence-corrected chi connectivity index (χ4v) is 3.35. The molecule has 3 rings (SSSR count). The number of nitrogens with zero attached hydrogens (tertiary/aromatic N) is 1. The van der Waals surface area contributed by atoms with Crippen LogP contribution >= 0.6 is 11.3 Å². The number of amides is 1. The average molecular weight is 406 g/mol. The highest BCUT2D eigenvalue weighted by atomic mass is 32.1. The van der Waals surface area contributed by atoms with Crippen LogP contribution in [0.5, 0.6) is 5.75 Å². The first-order valence-electron chi connectivity index (χ1n) is 8.50. The van der Waals surface area contributed by atoms with Gasteiger partial charge in [0.1, 0.15) is 23.1 Å². The summed E-state index contributed by atoms with van der Waals surface area (Å²) in [4.78, 5) is 16.2. The van der Waals surface area contributed by atoms with Crippen molar-refractivity contribution < 1.29 is 22.7 Å². The van der Waals surface area contributed by atoms with Gasteiger partial charge in [-0.1, -0.05) is 24.3 Å². The van der Waals surface area contributed by atoms with Crippen LogP contribution in [0.2, 0.25) is 0 Å². The zero-order valence-electron chi connectivity index (χ0n) is 14.9. The van der Waals surface area contributed by atoms with E-state index >= 15 is 0 Å². The van der Waals surface area contributed by atoms with E-state index in [1.807, 2.05) is 6.92 Å². The third kappa shape index (κ3) is 4.69. The lowest BCUT2D eigenvalue weighted by Gasteiger charge is -2.12. The number of thiazole rings is 1. The molecule has 1 heterocycles. The van der Waals surface area contributed by atoms with Gasteiger partial charge in [-0.3, -0.25) is 4.79 Å². The van der Waals surface area contributed by atoms with Crippen LogP contribution in [0.25, 0.3) is 10.6 Å². The van der Waals surface area contributed by atoms with Crippen molar-refractivity contribution in [1.29, 1.82) is 0 Å². The number of alkyl halides is 3. The number of aromatic nitrogens is 1. The largest absolute Gasteiger partial charge is 0.488 e. The van der Waals surface area contributed by atoms with Crippen molar-refractivity contribution >= 4 is 17.2 Å². The molecule has 8 heteroatoms. The predicted molar refractivity (Wildman–Crippen MR) is 101 cm³/mol. The van der Waals surface area contributed by atoms with Crippen LogP contribution in [-0.2, 0) is 12.8 Å². The number of hydrogen-bond donors (Lipinski definition) is 1. The highest BCUT2D eigenvalue weighted by Gasteiger charge is 2.30. The Morgan fingerprint density at radius 3 is 2.71 bits per heavy atom. The maximum Gasteiger partial charge on any atom is 0.416 e. The molecule has 0 fully saturated rings. The van der Waals surface area contributed by atoms with Gasteiger partial charge in [0.2, 0.25) is 0 Å². The molecular weight excluding hydrogens is 389 g/mol. The molecule has 0 aliphatic rings. The maximum absolute atomic E-state index is 12.9. The minimum atomic E-state index is -4.40. The fraction of sp³-hybridized carbons (Fsp3) is 0.200. The lowest BCUT2D eigenvalue weighted by molar-refractivity contribution is -0.137. The Bertz CT molecular complexity index is 970. The van der Waals surface area contributed by atoms with Crippen molar-refractivity contribution in [2.75, 3.05) is 6.54 Å². The summed E-state index contributed by atoms with van der Waals surface area (Å²) in [5.41, 5.74) is 0.685. The lowest BCUT2D eigenvalue weighted by Crippen LogP contribution is -2.22. The van der Waals surface area contributed by atoms with Crippen molar-refractivity contribution in [3.05, 3.63) is 70.7 Å². The second kappa shape index (κ2) is 8.43. The minimum absolute atomic E-state index is 0.0184. The van der Waals surface area contributed by atoms with Crippen molar-refractivity contribution in [2.24, 2.45) is 0 Å². The normalized spacial score (nSPS) is 11.3. The molecule has 1 aromatic heterocycles. The van der Waals surface area contributed by atoms with Crippen LogP contribution < -0.4 is 10.1 Å². The molecule has 2 aromatic carbocycles. The highest BCUT2D eigenvalue weighted by Crippen LogP contribution is 2.33. The fourth-order valence-electron chi connectivity index (χ4n) is 2.52. The zero-order valence-corrected chi connectivity index (χ0v) is 15.7. The van der Waals surface area contributed by atoms with Crippen LogP contribution in [0, 0.1) is 0 Å². The molecule has 28 heavy (non-hydrogen) atoms. The molecule has 0 saturated heterocycles. The van der Waals surface area contributed by atoms with E-state index in [0.29, 0.717) is 34.1 Å². The summed E-state index contributed by atoms with van der Waals surface area (Å²) in [7, 11) is 0. The predicted octanol–water partition coefficient (Wildman–Crippen LogP) is 5.16. The molecule has 0 spiro atoms. The lowest BCUT2D eigenvalue weighted by atomic mass is 10.1. The van der Waals surface area contributed by atoms with E-state index in [9.17, 15) is 18.0 Å². The Labute approximate surface area is 164 Å². The zero-order chi connectivity index (χ0) is 20.1. The Morgan fingerprint density at radius 1 is 1.18 bits per heavy atom. The van der Waals surface area contributed by atoms with Gasteiger partial charge < -0.3 is 10.1 Å². The van der Waals surface area contributed by atoms with Crippen molar-refractivity contribution in [2.45, 2.75) is 19.7 Å². The summed E-state index contributed by atoms with van der Waals surface area (Å²) in [6.07, 6.45) is -4.40. The van der Waals surface area contributed by atoms with Crippen molar-refractivity contribution in [3.8, 4) is 16.3 Å². The van der Waals surface area contributed by atoms with E-state index in [4.69, 9.17) is 4.74 Å². The van der Waals surface area contributed by atoms with E-state index in [0.717, 1.165) is 12.1 Å². The second-order valence-corrected chi connectivity index (χ2v) is 6.74. The van der Waals surface area contributed by atoms with E-state index in [1.165, 1.54) is 17.4 Å². The minimum Gasteiger partial charge on any atom is -0.488 e. The van der Waals surface area contributed by atoms with Gasteiger partial charge in [-0.25, -0.2) is 4.98 Å². The summed E-state index contributed by atoms with van der Waals surface area (Å²) in [6, 6.07) is 12.1. The Kier molecular flexibility index (Phi) is 5.99. The van der Waals surface area contributed by atoms with Crippen LogP contribution in [0.3, 0.4) is 0 Å². The van der Waals surface area contributed by atoms with Gasteiger partial charge in [-0.05, 0) is 36.8 Å². The standard InChI is InChI=1S/C20H17F3N2O2S/c1-2-24-18(26)16-12-28-19(25-16)15-8-3-4-9-17(15)27-11-13-6-5-7-14(10-13)20(21,22)23/h3-10,12H,2,11H2,1H3,(H,24,26). The van der Waals surface area contributed by atoms with Gasteiger partial charge in [0.05, 0.1) is 11.1 Å². The average Bonchev–Trinajstić information content (AvgIpc) is 3.16. The van der Waals surface area contributed by atoms with Crippen LogP contribution in [0.15, 0.2) is 53.9 Å². The molecule has 4 nitrogen and oxygen atoms in total. The summed E-state index contributed by atoms with van der Waals surface area (Å²) < 4.78 is 44.3. The molecule has 0 atom stereocenters. The first-order valence-corrected chi connectivity index (χ1v) is 9.38. The third-order valence-electron chi connectivity index (χ3n) is 3.84. The van der Waals surface area contributed by atoms with Gasteiger partial charge in [0, 0.05) is 11.9 Å². The smallest absolute Gasteiger partial charge is 0.416 e. The topological polar surface area (TPSA) is 51.2 Å². The van der Waals surface area contributed by atoms with E-state index in [-0.39, 0.29) is 12.5 Å². The van der Waals surface area contributed by atoms with Crippen LogP contribution in [0.1, 0.15) is 28.5 Å². The molecule has 0 unspecified atom stereocenters. The van der Waals surface area contributed by atoms with Crippen LogP contribution in [-0.4, -0.2) is 17.4 Å². The first kappa shape index (κ1) is 19.9. The van der Waals surface area contributed by atoms with Gasteiger partial charge in [-0.15, -0.1) is 11.3 Å². The second-order valence-electron chi connectivity index (χ2n) is 5.88. The summed E-state index contributed by atoms with van der Waals surface area (Å²) in [5, 5.41) is 4.94. The van der Waals surface area contributed by atoms with E-state index in [2.05, 4.69) is 10.3 Å². The number of carbonyl (C=O) groups is 1. The molecule has 1 N–H and O–H groups in total. The van der Waals surface area contributed by atoms with Crippen LogP contribution in [0.4, 0.5) is 13.2 Å². The number of ether oxygens (including phenoxy) is 1. The summed E-state index contributed by atoms with van der Waals surface area (Å²) >= 11 is 1.30. The number of carbonyl (C=O) groups excluding carboxylic acids is 1. The Morgan fingerprint density at radius 2 is 1.96 bits per heavy atom. The Hall–Kier alpha value is -2.87. The number of para-hydroxylation sites is 1. The molecule has 0 saturated carbocycles. The molecule has 3 aromatic rings. The van der Waals surface area contributed by atoms with E-state index < -0.39 is 11.7 Å². The van der Waals surface area contributed by atoms with Gasteiger partial charge >= 0.3 is 6.18 Å². The molecule has 0 bridgehead atoms. The molecular formula is C20H17F3N2O2S. The third-order valence-corrected chi connectivity index (χ3v) is 4.72. The van der Waals surface area contributed by atoms with Crippen molar-refractivity contribution in [1.82, 2.24) is 10.3 Å². The van der Waals surface area contributed by atoms with Gasteiger partial charge in [0.25, 0.3) is 5.91 Å². The number of halogens is 3. The number of benzene rings is 2. The monoisotopic (exact) mass is 406 g/mol. The Balaban J connectivity index is 1.79. The molecule has 146 valence electrons. The number of rotatable bonds is 6. The SMILES string of the molecule is CCNC(=O)c1csc(-c2ccccc2OCc2cccc(C(F)(F)F)c2)n1. The van der Waals surface area contributed by atoms with Gasteiger partial charge in [0.15, 0.2) is 0 Å². The number of nitrogens with one attached hydrogen (secondary N) is 1. The molecule has 0 aliphatic heterocycles. The molecule has 0 radical (unpaired) electrons. The van der Waals surface area contributed by atoms with E-state index in [1.54, 1.807) is 35.7 Å². The van der Waals surface area contributed by atoms with Crippen molar-refractivity contribution in [3.63, 3.8) is 0 Å². The quantitative estimate of drug-likeness (QED) is 0.615. The number of hydrogen-bond acceptors (Lipinski definition) is 4. The van der Waals surface area contributed by atoms with Gasteiger partial charge in [-0.2, -0.15) is 13.2 Å². The molecule has 0 aliphatic carbocycles. The summed E-state index contributed by atoms with van der Waals surface area (Å²) in [6.45, 7) is 2.31. The highest BCUT2D eigenvalue weighted by molar-refractivity contribution is 7.13. The summed E-state index contributed by atoms with van der Waals surface area (Å²) in [5.74, 6) is 0.226.